The maximum atomic E-state index is 11.6. The second kappa shape index (κ2) is 5.18. The van der Waals surface area contributed by atoms with Crippen LogP contribution in [-0.4, -0.2) is 22.3 Å². The van der Waals surface area contributed by atoms with E-state index in [4.69, 9.17) is 4.74 Å². The Morgan fingerprint density at radius 1 is 1.50 bits per heavy atom. The van der Waals surface area contributed by atoms with E-state index in [1.807, 2.05) is 19.2 Å². The Labute approximate surface area is 110 Å². The van der Waals surface area contributed by atoms with Gasteiger partial charge in [-0.2, -0.15) is 0 Å². The summed E-state index contributed by atoms with van der Waals surface area (Å²) in [6.45, 7) is 3.99. The summed E-state index contributed by atoms with van der Waals surface area (Å²) in [5, 5.41) is 1.99. The number of aryl methyl sites for hydroxylation is 1. The van der Waals surface area contributed by atoms with Crippen LogP contribution in [0.4, 0.5) is 0 Å². The van der Waals surface area contributed by atoms with Crippen molar-refractivity contribution >= 4 is 23.1 Å². The fourth-order valence-electron chi connectivity index (χ4n) is 2.31. The molecule has 98 valence electrons. The predicted octanol–water partition coefficient (Wildman–Crippen LogP) is 2.38. The summed E-state index contributed by atoms with van der Waals surface area (Å²) in [4.78, 5) is 27.4. The second-order valence-electron chi connectivity index (χ2n) is 5.07. The zero-order chi connectivity index (χ0) is 13.2. The molecule has 0 aliphatic carbocycles. The molecular weight excluding hydrogens is 250 g/mol. The smallest absolute Gasteiger partial charge is 0.313 e. The number of hydrogen-bond donors (Lipinski definition) is 0. The van der Waals surface area contributed by atoms with Crippen molar-refractivity contribution in [2.45, 2.75) is 45.1 Å². The number of nitrogens with zero attached hydrogens (tertiary/aromatic N) is 1. The third-order valence-corrected chi connectivity index (χ3v) is 4.13. The highest BCUT2D eigenvalue weighted by molar-refractivity contribution is 7.07. The molecule has 5 heteroatoms. The standard InChI is InChI=1S/C13H17NO3S/c1-9(2)13(4-3-10-7-18-8-14-10)6-11(15)5-12(16)17-13/h7-9H,3-6H2,1-2H3. The highest BCUT2D eigenvalue weighted by Crippen LogP contribution is 2.35. The summed E-state index contributed by atoms with van der Waals surface area (Å²) in [5.74, 6) is -0.277. The first-order valence-electron chi connectivity index (χ1n) is 6.12. The minimum Gasteiger partial charge on any atom is -0.458 e. The van der Waals surface area contributed by atoms with Crippen molar-refractivity contribution in [2.24, 2.45) is 5.92 Å². The Morgan fingerprint density at radius 2 is 2.28 bits per heavy atom. The number of cyclic esters (lactones) is 1. The lowest BCUT2D eigenvalue weighted by Gasteiger charge is -2.39. The summed E-state index contributed by atoms with van der Waals surface area (Å²) in [5.41, 5.74) is 2.14. The molecule has 0 aromatic carbocycles. The van der Waals surface area contributed by atoms with Crippen LogP contribution in [0.2, 0.25) is 0 Å². The topological polar surface area (TPSA) is 56.3 Å². The van der Waals surface area contributed by atoms with E-state index < -0.39 is 11.6 Å². The quantitative estimate of drug-likeness (QED) is 0.621. The Kier molecular flexibility index (Phi) is 3.80. The molecule has 0 spiro atoms. The van der Waals surface area contributed by atoms with Gasteiger partial charge >= 0.3 is 5.97 Å². The SMILES string of the molecule is CC(C)C1(CCc2cscn2)CC(=O)CC(=O)O1. The fraction of sp³-hybridized carbons (Fsp3) is 0.615. The summed E-state index contributed by atoms with van der Waals surface area (Å²) in [7, 11) is 0. The van der Waals surface area contributed by atoms with Gasteiger partial charge in [-0.3, -0.25) is 9.59 Å². The largest absolute Gasteiger partial charge is 0.458 e. The van der Waals surface area contributed by atoms with E-state index in [0.717, 1.165) is 12.1 Å². The van der Waals surface area contributed by atoms with Gasteiger partial charge in [0, 0.05) is 11.8 Å². The van der Waals surface area contributed by atoms with Gasteiger partial charge in [-0.15, -0.1) is 11.3 Å². The summed E-state index contributed by atoms with van der Waals surface area (Å²) in [6, 6.07) is 0. The van der Waals surface area contributed by atoms with Gasteiger partial charge in [0.1, 0.15) is 17.8 Å². The third-order valence-electron chi connectivity index (χ3n) is 3.49. The Balaban J connectivity index is 2.11. The van der Waals surface area contributed by atoms with Crippen molar-refractivity contribution in [3.8, 4) is 0 Å². The molecule has 4 nitrogen and oxygen atoms in total. The van der Waals surface area contributed by atoms with Crippen molar-refractivity contribution < 1.29 is 14.3 Å². The van der Waals surface area contributed by atoms with E-state index in [1.165, 1.54) is 0 Å². The molecule has 1 atom stereocenters. The molecule has 2 rings (SSSR count). The number of ketones is 1. The molecule has 0 amide bonds. The first-order valence-corrected chi connectivity index (χ1v) is 7.07. The number of Topliss-reactive ketones (excluding diaryl/α,β-unsaturated/α-hetero) is 1. The average molecular weight is 267 g/mol. The molecular formula is C13H17NO3S. The molecule has 0 radical (unpaired) electrons. The molecule has 1 aromatic rings. The first kappa shape index (κ1) is 13.2. The van der Waals surface area contributed by atoms with Crippen molar-refractivity contribution in [3.63, 3.8) is 0 Å². The molecule has 1 unspecified atom stereocenters. The van der Waals surface area contributed by atoms with E-state index in [9.17, 15) is 9.59 Å². The average Bonchev–Trinajstić information content (AvgIpc) is 2.77. The molecule has 1 saturated heterocycles. The van der Waals surface area contributed by atoms with Crippen LogP contribution in [-0.2, 0) is 20.7 Å². The van der Waals surface area contributed by atoms with Crippen LogP contribution in [0.3, 0.4) is 0 Å². The van der Waals surface area contributed by atoms with Crippen molar-refractivity contribution in [1.82, 2.24) is 4.98 Å². The lowest BCUT2D eigenvalue weighted by Crippen LogP contribution is -2.47. The van der Waals surface area contributed by atoms with Gasteiger partial charge in [-0.25, -0.2) is 4.98 Å². The van der Waals surface area contributed by atoms with Gasteiger partial charge in [0.15, 0.2) is 0 Å². The third kappa shape index (κ3) is 2.77. The highest BCUT2D eigenvalue weighted by Gasteiger charge is 2.43. The van der Waals surface area contributed by atoms with Gasteiger partial charge < -0.3 is 4.74 Å². The molecule has 1 aliphatic rings. The number of carbonyl (C=O) groups is 2. The van der Waals surface area contributed by atoms with Crippen molar-refractivity contribution in [2.75, 3.05) is 0 Å². The number of carbonyl (C=O) groups excluding carboxylic acids is 2. The number of hydrogen-bond acceptors (Lipinski definition) is 5. The molecule has 2 heterocycles. The second-order valence-corrected chi connectivity index (χ2v) is 5.78. The van der Waals surface area contributed by atoms with Crippen LogP contribution in [0.1, 0.15) is 38.8 Å². The zero-order valence-electron chi connectivity index (χ0n) is 10.6. The minimum absolute atomic E-state index is 0.0155. The van der Waals surface area contributed by atoms with Gasteiger partial charge in [0.2, 0.25) is 0 Å². The highest BCUT2D eigenvalue weighted by atomic mass is 32.1. The molecule has 0 bridgehead atoms. The number of esters is 1. The lowest BCUT2D eigenvalue weighted by molar-refractivity contribution is -0.177. The Morgan fingerprint density at radius 3 is 2.83 bits per heavy atom. The molecule has 0 saturated carbocycles. The van der Waals surface area contributed by atoms with Crippen LogP contribution in [0.5, 0.6) is 0 Å². The summed E-state index contributed by atoms with van der Waals surface area (Å²) < 4.78 is 5.52. The summed E-state index contributed by atoms with van der Waals surface area (Å²) >= 11 is 1.55. The fourth-order valence-corrected chi connectivity index (χ4v) is 2.90. The number of aromatic nitrogens is 1. The Hall–Kier alpha value is -1.23. The van der Waals surface area contributed by atoms with Gasteiger partial charge in [-0.05, 0) is 18.8 Å². The van der Waals surface area contributed by atoms with E-state index >= 15 is 0 Å². The maximum absolute atomic E-state index is 11.6. The van der Waals surface area contributed by atoms with Gasteiger partial charge in [-0.1, -0.05) is 13.8 Å². The summed E-state index contributed by atoms with van der Waals surface area (Å²) in [6.07, 6.45) is 1.65. The van der Waals surface area contributed by atoms with E-state index in [1.54, 1.807) is 16.8 Å². The van der Waals surface area contributed by atoms with E-state index in [2.05, 4.69) is 4.98 Å². The Bertz CT molecular complexity index is 423. The molecule has 0 N–H and O–H groups in total. The molecule has 1 aliphatic heterocycles. The number of rotatable bonds is 4. The van der Waals surface area contributed by atoms with E-state index in [0.29, 0.717) is 12.8 Å². The van der Waals surface area contributed by atoms with Gasteiger partial charge in [0.25, 0.3) is 0 Å². The van der Waals surface area contributed by atoms with Crippen LogP contribution < -0.4 is 0 Å². The van der Waals surface area contributed by atoms with Crippen molar-refractivity contribution in [3.05, 3.63) is 16.6 Å². The number of ether oxygens (including phenoxy) is 1. The number of thiazole rings is 1. The van der Waals surface area contributed by atoms with Crippen LogP contribution >= 0.6 is 11.3 Å². The monoisotopic (exact) mass is 267 g/mol. The van der Waals surface area contributed by atoms with Crippen LogP contribution in [0.25, 0.3) is 0 Å². The van der Waals surface area contributed by atoms with Crippen LogP contribution in [0, 0.1) is 5.92 Å². The van der Waals surface area contributed by atoms with Gasteiger partial charge in [0.05, 0.1) is 11.2 Å². The lowest BCUT2D eigenvalue weighted by atomic mass is 9.79. The van der Waals surface area contributed by atoms with Crippen LogP contribution in [0.15, 0.2) is 10.9 Å². The minimum atomic E-state index is -0.643. The molecule has 1 fully saturated rings. The molecule has 18 heavy (non-hydrogen) atoms. The predicted molar refractivity (Wildman–Crippen MR) is 68.3 cm³/mol. The molecule has 1 aromatic heterocycles. The normalized spacial score (nSPS) is 24.4. The first-order chi connectivity index (χ1) is 8.52. The van der Waals surface area contributed by atoms with Crippen molar-refractivity contribution in [1.29, 1.82) is 0 Å². The van der Waals surface area contributed by atoms with E-state index in [-0.39, 0.29) is 18.1 Å². The zero-order valence-corrected chi connectivity index (χ0v) is 11.5. The maximum Gasteiger partial charge on any atom is 0.313 e.